The minimum atomic E-state index is -0.174. The van der Waals surface area contributed by atoms with E-state index in [2.05, 4.69) is 88.0 Å². The van der Waals surface area contributed by atoms with E-state index in [-0.39, 0.29) is 23.4 Å². The highest BCUT2D eigenvalue weighted by molar-refractivity contribution is 5.95. The lowest BCUT2D eigenvalue weighted by Gasteiger charge is -2.31. The second kappa shape index (κ2) is 21.3. The van der Waals surface area contributed by atoms with Crippen molar-refractivity contribution < 1.29 is 9.59 Å². The number of aryl methyl sites for hydroxylation is 1. The monoisotopic (exact) mass is 838 g/mol. The third kappa shape index (κ3) is 13.0. The van der Waals surface area contributed by atoms with E-state index in [9.17, 15) is 14.4 Å². The number of aliphatic imine (C=N–C) groups is 1. The Morgan fingerprint density at radius 3 is 1.74 bits per heavy atom. The van der Waals surface area contributed by atoms with Crippen LogP contribution in [0.25, 0.3) is 22.3 Å². The maximum Gasteiger partial charge on any atom is 0.279 e. The quantitative estimate of drug-likeness (QED) is 0.164. The van der Waals surface area contributed by atoms with Crippen molar-refractivity contribution in [2.24, 2.45) is 10.7 Å². The van der Waals surface area contributed by atoms with Gasteiger partial charge < -0.3 is 50.9 Å². The first-order valence-corrected chi connectivity index (χ1v) is 20.0. The van der Waals surface area contributed by atoms with Crippen molar-refractivity contribution in [3.8, 4) is 0 Å². The van der Waals surface area contributed by atoms with Crippen LogP contribution in [0, 0.1) is 6.92 Å². The topological polar surface area (TPSA) is 227 Å². The van der Waals surface area contributed by atoms with Crippen molar-refractivity contribution in [3.05, 3.63) is 115 Å². The van der Waals surface area contributed by atoms with Crippen LogP contribution in [-0.4, -0.2) is 84.5 Å². The lowest BCUT2D eigenvalue weighted by atomic mass is 10.2. The molecule has 328 valence electrons. The SMILES string of the molecule is C=C1N=C(N)C=CN1C(C)C.C=C1NC(=O)C(C)=CN1C(C)C.C=C1NC(=O)C=CN1C(C)C.CC(C)n1cnc2c(N)ccnc21.Cc1nc2c(ncn2C(C)C)c(=O)[nH]1. The maximum atomic E-state index is 11.5. The summed E-state index contributed by atoms with van der Waals surface area (Å²) in [4.78, 5) is 62.5. The van der Waals surface area contributed by atoms with E-state index in [1.165, 1.54) is 6.08 Å². The molecule has 18 heteroatoms. The van der Waals surface area contributed by atoms with Gasteiger partial charge in [-0.05, 0) is 95.2 Å². The largest absolute Gasteiger partial charge is 0.397 e. The van der Waals surface area contributed by atoms with Crippen molar-refractivity contribution in [2.45, 2.75) is 113 Å². The van der Waals surface area contributed by atoms with Gasteiger partial charge in [-0.15, -0.1) is 0 Å². The fourth-order valence-electron chi connectivity index (χ4n) is 5.77. The Labute approximate surface area is 358 Å². The van der Waals surface area contributed by atoms with Gasteiger partial charge in [0.2, 0.25) is 0 Å². The number of hydrogen-bond donors (Lipinski definition) is 5. The zero-order valence-electron chi connectivity index (χ0n) is 37.6. The Morgan fingerprint density at radius 2 is 1.20 bits per heavy atom. The molecule has 3 aliphatic heterocycles. The van der Waals surface area contributed by atoms with Gasteiger partial charge in [-0.2, -0.15) is 0 Å². The second-order valence-corrected chi connectivity index (χ2v) is 15.6. The van der Waals surface area contributed by atoms with Crippen LogP contribution in [0.5, 0.6) is 0 Å². The number of pyridine rings is 1. The second-order valence-electron chi connectivity index (χ2n) is 15.6. The standard InChI is InChI=1S/C9H12N4O.C9H12N4.C9H14N2O.C8H13N3.C8H12N2O/c1-5(2)13-4-10-7-8(13)11-6(3)12-9(7)14;1-6(2)13-5-12-8-7(10)3-4-11-9(8)13;1-6(2)11-5-7(3)9(12)10-8(11)4;1-6(2)11-5-4-8(9)10-7(11)3;1-6(2)10-5-4-8(11)9-7(10)3/h4-5H,1-3H3,(H,11,12,14);3-6H,1-2H3,(H2,10,11);5-6H,4H2,1-3H3,(H,10,12);4-6H,3H2,1-2H3,(H2,9,10);4-6H,3H2,1-2H3,(H,9,11). The lowest BCUT2D eigenvalue weighted by Crippen LogP contribution is -2.40. The van der Waals surface area contributed by atoms with Crippen LogP contribution in [0.4, 0.5) is 5.69 Å². The number of fused-ring (bicyclic) bond motifs is 2. The molecule has 0 aliphatic carbocycles. The molecule has 7 rings (SSSR count). The molecule has 7 heterocycles. The van der Waals surface area contributed by atoms with E-state index >= 15 is 0 Å². The number of imidazole rings is 2. The summed E-state index contributed by atoms with van der Waals surface area (Å²) in [5, 5.41) is 5.30. The summed E-state index contributed by atoms with van der Waals surface area (Å²) in [6.07, 6.45) is 13.9. The number of anilines is 1. The normalized spacial score (nSPS) is 14.9. The van der Waals surface area contributed by atoms with Crippen molar-refractivity contribution >= 4 is 45.7 Å². The Bertz CT molecular complexity index is 2400. The molecule has 4 aromatic rings. The number of aromatic nitrogens is 7. The zero-order valence-corrected chi connectivity index (χ0v) is 37.6. The van der Waals surface area contributed by atoms with Crippen molar-refractivity contribution in [1.29, 1.82) is 0 Å². The molecule has 0 unspecified atom stereocenters. The molecule has 0 fully saturated rings. The number of rotatable bonds is 5. The summed E-state index contributed by atoms with van der Waals surface area (Å²) in [5.41, 5.74) is 15.2. The first kappa shape index (κ1) is 48.4. The minimum Gasteiger partial charge on any atom is -0.397 e. The number of amidine groups is 1. The average molecular weight is 838 g/mol. The zero-order chi connectivity index (χ0) is 45.9. The molecular formula is C43H63N15O3. The Kier molecular flexibility index (Phi) is 16.9. The van der Waals surface area contributed by atoms with Crippen LogP contribution >= 0.6 is 0 Å². The number of nitrogens with one attached hydrogen (secondary N) is 3. The number of amides is 2. The van der Waals surface area contributed by atoms with Crippen molar-refractivity contribution in [1.82, 2.24) is 59.4 Å². The molecule has 18 nitrogen and oxygen atoms in total. The van der Waals surface area contributed by atoms with E-state index in [0.29, 0.717) is 70.1 Å². The molecule has 0 atom stereocenters. The first-order valence-electron chi connectivity index (χ1n) is 20.0. The molecule has 4 aromatic heterocycles. The minimum absolute atomic E-state index is 0.0584. The average Bonchev–Trinajstić information content (AvgIpc) is 3.80. The first-order chi connectivity index (χ1) is 28.5. The van der Waals surface area contributed by atoms with Crippen LogP contribution in [0.2, 0.25) is 0 Å². The van der Waals surface area contributed by atoms with E-state index in [0.717, 1.165) is 16.7 Å². The van der Waals surface area contributed by atoms with Gasteiger partial charge >= 0.3 is 0 Å². The number of carbonyl (C=O) groups excluding carboxylic acids is 2. The van der Waals surface area contributed by atoms with Gasteiger partial charge in [0.05, 0.1) is 18.3 Å². The number of H-pyrrole nitrogens is 1. The molecule has 61 heavy (non-hydrogen) atoms. The Hall–Kier alpha value is -6.98. The van der Waals surface area contributed by atoms with Gasteiger partial charge in [-0.25, -0.2) is 24.9 Å². The van der Waals surface area contributed by atoms with E-state index in [1.807, 2.05) is 77.8 Å². The summed E-state index contributed by atoms with van der Waals surface area (Å²) in [6.45, 7) is 35.3. The number of nitrogens with zero attached hydrogens (tertiary/aromatic N) is 10. The molecule has 0 radical (unpaired) electrons. The number of aromatic amines is 1. The van der Waals surface area contributed by atoms with Crippen molar-refractivity contribution in [2.75, 3.05) is 5.73 Å². The molecule has 0 saturated carbocycles. The molecule has 0 saturated heterocycles. The molecule has 3 aliphatic rings. The van der Waals surface area contributed by atoms with Gasteiger partial charge in [-0.3, -0.25) is 14.4 Å². The van der Waals surface area contributed by atoms with Gasteiger partial charge in [0, 0.05) is 66.7 Å². The van der Waals surface area contributed by atoms with Gasteiger partial charge in [-0.1, -0.05) is 19.7 Å². The highest BCUT2D eigenvalue weighted by Gasteiger charge is 2.19. The summed E-state index contributed by atoms with van der Waals surface area (Å²) in [7, 11) is 0. The molecule has 0 aromatic carbocycles. The molecule has 7 N–H and O–H groups in total. The summed E-state index contributed by atoms with van der Waals surface area (Å²) >= 11 is 0. The third-order valence-corrected chi connectivity index (χ3v) is 9.01. The van der Waals surface area contributed by atoms with Crippen LogP contribution in [0.3, 0.4) is 0 Å². The molecule has 2 amide bonds. The third-order valence-electron chi connectivity index (χ3n) is 9.01. The molecule has 0 spiro atoms. The molecular weight excluding hydrogens is 775 g/mol. The Morgan fingerprint density at radius 1 is 0.656 bits per heavy atom. The van der Waals surface area contributed by atoms with Crippen LogP contribution in [0.15, 0.2) is 108 Å². The van der Waals surface area contributed by atoms with Crippen LogP contribution in [-0.2, 0) is 9.59 Å². The highest BCUT2D eigenvalue weighted by atomic mass is 16.2. The predicted molar refractivity (Wildman–Crippen MR) is 244 cm³/mol. The van der Waals surface area contributed by atoms with Gasteiger partial charge in [0.15, 0.2) is 16.8 Å². The van der Waals surface area contributed by atoms with Gasteiger partial charge in [0.1, 0.15) is 34.6 Å². The lowest BCUT2D eigenvalue weighted by molar-refractivity contribution is -0.118. The Balaban J connectivity index is 0.000000204. The maximum absolute atomic E-state index is 11.5. The van der Waals surface area contributed by atoms with E-state index in [4.69, 9.17) is 11.5 Å². The number of nitrogen functional groups attached to an aromatic ring is 1. The molecule has 0 bridgehead atoms. The fourth-order valence-corrected chi connectivity index (χ4v) is 5.77. The smallest absolute Gasteiger partial charge is 0.279 e. The van der Waals surface area contributed by atoms with Crippen LogP contribution in [0.1, 0.15) is 94.1 Å². The highest BCUT2D eigenvalue weighted by Crippen LogP contribution is 2.20. The summed E-state index contributed by atoms with van der Waals surface area (Å²) < 4.78 is 3.89. The van der Waals surface area contributed by atoms with Crippen LogP contribution < -0.4 is 27.7 Å². The fraction of sp³-hybridized carbons (Fsp3) is 0.395. The predicted octanol–water partition coefficient (Wildman–Crippen LogP) is 5.67. The number of carbonyl (C=O) groups is 2. The number of hydrogen-bond acceptors (Lipinski definition) is 13. The van der Waals surface area contributed by atoms with Crippen molar-refractivity contribution in [3.63, 3.8) is 0 Å². The summed E-state index contributed by atoms with van der Waals surface area (Å²) in [5.74, 6) is 2.98. The van der Waals surface area contributed by atoms with E-state index in [1.54, 1.807) is 51.0 Å². The van der Waals surface area contributed by atoms with E-state index < -0.39 is 0 Å². The number of nitrogens with two attached hydrogens (primary N) is 2. The van der Waals surface area contributed by atoms with Gasteiger partial charge in [0.25, 0.3) is 17.4 Å². The summed E-state index contributed by atoms with van der Waals surface area (Å²) in [6, 6.07) is 3.43.